The number of hydrogen-bond donors (Lipinski definition) is 0. The van der Waals surface area contributed by atoms with Crippen LogP contribution in [0.3, 0.4) is 0 Å². The Morgan fingerprint density at radius 2 is 2.07 bits per heavy atom. The normalized spacial score (nSPS) is 10.7. The summed E-state index contributed by atoms with van der Waals surface area (Å²) >= 11 is 13.7. The number of nitrogens with zero attached hydrogens (tertiary/aromatic N) is 3. The first kappa shape index (κ1) is 12.1. The second kappa shape index (κ2) is 4.84. The summed E-state index contributed by atoms with van der Waals surface area (Å²) < 4.78 is 4.74. The van der Waals surface area contributed by atoms with E-state index < -0.39 is 0 Å². The molecule has 2 aromatic heterocycles. The third kappa shape index (κ3) is 2.47. The predicted molar refractivity (Wildman–Crippen MR) is 79.5 cm³/mol. The van der Waals surface area contributed by atoms with Crippen LogP contribution in [0.4, 0.5) is 0 Å². The lowest BCUT2D eigenvalue weighted by atomic mass is 10.4. The molecular weight excluding hydrogens is 507 g/mol. The van der Waals surface area contributed by atoms with E-state index in [4.69, 9.17) is 11.6 Å². The van der Waals surface area contributed by atoms with E-state index in [2.05, 4.69) is 71.1 Å². The molecule has 2 heterocycles. The van der Waals surface area contributed by atoms with Gasteiger partial charge in [0.15, 0.2) is 5.82 Å². The number of aromatic nitrogens is 3. The Labute approximate surface area is 127 Å². The van der Waals surface area contributed by atoms with E-state index in [1.165, 1.54) is 0 Å². The van der Waals surface area contributed by atoms with E-state index in [1.807, 2.05) is 10.6 Å². The molecule has 0 aliphatic heterocycles. The summed E-state index contributed by atoms with van der Waals surface area (Å²) in [4.78, 5) is 8.46. The van der Waals surface area contributed by atoms with Gasteiger partial charge in [-0.05, 0) is 67.2 Å². The number of halogens is 4. The molecular formula is C8H3BrClI2N3. The van der Waals surface area contributed by atoms with Gasteiger partial charge in [-0.2, -0.15) is 0 Å². The summed E-state index contributed by atoms with van der Waals surface area (Å²) in [5.41, 5.74) is 0. The van der Waals surface area contributed by atoms with Crippen molar-refractivity contribution in [3.63, 3.8) is 0 Å². The van der Waals surface area contributed by atoms with Gasteiger partial charge in [0.05, 0.1) is 9.50 Å². The Hall–Kier alpha value is 0.590. The molecule has 2 aromatic rings. The molecule has 0 aromatic carbocycles. The number of pyridine rings is 1. The highest BCUT2D eigenvalue weighted by atomic mass is 127. The first-order valence-electron chi connectivity index (χ1n) is 3.79. The first-order chi connectivity index (χ1) is 7.09. The van der Waals surface area contributed by atoms with Gasteiger partial charge in [0, 0.05) is 6.20 Å². The fraction of sp³-hybridized carbons (Fsp3) is 0. The Kier molecular flexibility index (Phi) is 3.89. The number of rotatable bonds is 1. The van der Waals surface area contributed by atoms with Gasteiger partial charge in [-0.15, -0.1) is 0 Å². The van der Waals surface area contributed by atoms with Crippen LogP contribution < -0.4 is 0 Å². The molecule has 3 nitrogen and oxygen atoms in total. The van der Waals surface area contributed by atoms with Crippen molar-refractivity contribution in [1.29, 1.82) is 0 Å². The molecule has 0 fully saturated rings. The third-order valence-corrected chi connectivity index (χ3v) is 5.33. The molecule has 0 amide bonds. The van der Waals surface area contributed by atoms with Crippen molar-refractivity contribution in [3.8, 4) is 5.82 Å². The summed E-state index contributed by atoms with van der Waals surface area (Å²) in [5.74, 6) is 0.791. The minimum atomic E-state index is 0.607. The van der Waals surface area contributed by atoms with Gasteiger partial charge in [-0.1, -0.05) is 11.6 Å². The van der Waals surface area contributed by atoms with Crippen LogP contribution in [-0.4, -0.2) is 14.5 Å². The Bertz CT molecular complexity index is 515. The quantitative estimate of drug-likeness (QED) is 0.546. The minimum absolute atomic E-state index is 0.607. The summed E-state index contributed by atoms with van der Waals surface area (Å²) in [6, 6.07) is 1.81. The zero-order valence-electron chi connectivity index (χ0n) is 7.09. The van der Waals surface area contributed by atoms with E-state index in [0.717, 1.165) is 17.7 Å². The molecule has 2 rings (SSSR count). The molecule has 0 atom stereocenters. The predicted octanol–water partition coefficient (Wildman–Crippen LogP) is 3.89. The van der Waals surface area contributed by atoms with E-state index >= 15 is 0 Å². The van der Waals surface area contributed by atoms with Crippen LogP contribution in [0, 0.1) is 7.40 Å². The van der Waals surface area contributed by atoms with E-state index in [1.54, 1.807) is 12.5 Å². The SMILES string of the molecule is Clc1cnc(-n2cnc(I)c2I)c(Br)c1. The summed E-state index contributed by atoms with van der Waals surface area (Å²) in [5, 5.41) is 0.607. The van der Waals surface area contributed by atoms with E-state index in [0.29, 0.717) is 5.02 Å². The van der Waals surface area contributed by atoms with Crippen molar-refractivity contribution >= 4 is 72.7 Å². The van der Waals surface area contributed by atoms with Crippen LogP contribution >= 0.6 is 72.7 Å². The van der Waals surface area contributed by atoms with Gasteiger partial charge < -0.3 is 0 Å². The molecule has 0 saturated carbocycles. The van der Waals surface area contributed by atoms with Gasteiger partial charge in [0.2, 0.25) is 0 Å². The monoisotopic (exact) mass is 509 g/mol. The zero-order chi connectivity index (χ0) is 11.0. The van der Waals surface area contributed by atoms with E-state index in [-0.39, 0.29) is 0 Å². The highest BCUT2D eigenvalue weighted by molar-refractivity contribution is 14.1. The topological polar surface area (TPSA) is 30.7 Å². The van der Waals surface area contributed by atoms with Crippen LogP contribution in [-0.2, 0) is 0 Å². The highest BCUT2D eigenvalue weighted by Gasteiger charge is 2.11. The standard InChI is InChI=1S/C8H3BrClI2N3/c9-5-1-4(10)2-13-8(5)15-3-14-6(11)7(15)12/h1-3H. The highest BCUT2D eigenvalue weighted by Crippen LogP contribution is 2.25. The van der Waals surface area contributed by atoms with Crippen molar-refractivity contribution in [3.05, 3.63) is 35.5 Å². The van der Waals surface area contributed by atoms with Gasteiger partial charge in [0.25, 0.3) is 0 Å². The molecule has 0 unspecified atom stereocenters. The van der Waals surface area contributed by atoms with Gasteiger partial charge in [-0.3, -0.25) is 4.57 Å². The first-order valence-corrected chi connectivity index (χ1v) is 7.12. The van der Waals surface area contributed by atoms with Crippen molar-refractivity contribution in [2.24, 2.45) is 0 Å². The van der Waals surface area contributed by atoms with Gasteiger partial charge in [0.1, 0.15) is 13.7 Å². The van der Waals surface area contributed by atoms with Crippen molar-refractivity contribution in [2.45, 2.75) is 0 Å². The molecule has 0 aliphatic rings. The Morgan fingerprint density at radius 3 is 2.60 bits per heavy atom. The summed E-state index contributed by atoms with van der Waals surface area (Å²) in [6.07, 6.45) is 3.36. The van der Waals surface area contributed by atoms with Crippen LogP contribution in [0.1, 0.15) is 0 Å². The van der Waals surface area contributed by atoms with Crippen molar-refractivity contribution in [2.75, 3.05) is 0 Å². The van der Waals surface area contributed by atoms with Crippen LogP contribution in [0.2, 0.25) is 5.02 Å². The van der Waals surface area contributed by atoms with Crippen molar-refractivity contribution < 1.29 is 0 Å². The molecule has 15 heavy (non-hydrogen) atoms. The molecule has 78 valence electrons. The number of imidazole rings is 1. The summed E-state index contributed by atoms with van der Waals surface area (Å²) in [7, 11) is 0. The van der Waals surface area contributed by atoms with Crippen LogP contribution in [0.5, 0.6) is 0 Å². The fourth-order valence-corrected chi connectivity index (χ4v) is 2.75. The van der Waals surface area contributed by atoms with Gasteiger partial charge >= 0.3 is 0 Å². The molecule has 0 N–H and O–H groups in total. The van der Waals surface area contributed by atoms with Crippen LogP contribution in [0.25, 0.3) is 5.82 Å². The molecule has 0 saturated heterocycles. The number of hydrogen-bond acceptors (Lipinski definition) is 2. The largest absolute Gasteiger partial charge is 0.276 e. The smallest absolute Gasteiger partial charge is 0.153 e. The van der Waals surface area contributed by atoms with E-state index in [9.17, 15) is 0 Å². The maximum absolute atomic E-state index is 5.83. The third-order valence-electron chi connectivity index (χ3n) is 1.68. The maximum Gasteiger partial charge on any atom is 0.153 e. The molecule has 0 radical (unpaired) electrons. The molecule has 7 heteroatoms. The van der Waals surface area contributed by atoms with Crippen LogP contribution in [0.15, 0.2) is 23.1 Å². The second-order valence-electron chi connectivity index (χ2n) is 2.66. The lowest BCUT2D eigenvalue weighted by molar-refractivity contribution is 0.961. The maximum atomic E-state index is 5.83. The second-order valence-corrected chi connectivity index (χ2v) is 5.99. The Balaban J connectivity index is 2.59. The van der Waals surface area contributed by atoms with Crippen molar-refractivity contribution in [1.82, 2.24) is 14.5 Å². The average Bonchev–Trinajstić information content (AvgIpc) is 2.49. The average molecular weight is 510 g/mol. The lowest BCUT2D eigenvalue weighted by Gasteiger charge is -2.05. The summed E-state index contributed by atoms with van der Waals surface area (Å²) in [6.45, 7) is 0. The fourth-order valence-electron chi connectivity index (χ4n) is 1.04. The molecule has 0 spiro atoms. The lowest BCUT2D eigenvalue weighted by Crippen LogP contribution is -1.99. The van der Waals surface area contributed by atoms with Gasteiger partial charge in [-0.25, -0.2) is 9.97 Å². The molecule has 0 bridgehead atoms. The Morgan fingerprint density at radius 1 is 1.33 bits per heavy atom. The zero-order valence-corrected chi connectivity index (χ0v) is 13.7. The molecule has 0 aliphatic carbocycles. The minimum Gasteiger partial charge on any atom is -0.276 e.